The lowest BCUT2D eigenvalue weighted by Gasteiger charge is -2.28. The molecule has 2 rings (SSSR count). The van der Waals surface area contributed by atoms with Crippen molar-refractivity contribution in [2.24, 2.45) is 0 Å². The minimum absolute atomic E-state index is 0.0139. The minimum atomic E-state index is -0.883. The zero-order valence-electron chi connectivity index (χ0n) is 12.1. The van der Waals surface area contributed by atoms with Crippen LogP contribution in [0.4, 0.5) is 11.4 Å². The molecule has 1 aromatic carbocycles. The molecule has 5 heteroatoms. The number of carbonyl (C=O) groups excluding carboxylic acids is 1. The number of para-hydroxylation sites is 1. The molecule has 0 radical (unpaired) electrons. The van der Waals surface area contributed by atoms with Gasteiger partial charge in [0.1, 0.15) is 6.54 Å². The van der Waals surface area contributed by atoms with E-state index in [2.05, 4.69) is 13.8 Å². The summed E-state index contributed by atoms with van der Waals surface area (Å²) >= 11 is 0. The van der Waals surface area contributed by atoms with E-state index in [1.54, 1.807) is 16.8 Å². The largest absolute Gasteiger partial charge is 0.480 e. The summed E-state index contributed by atoms with van der Waals surface area (Å²) in [6.07, 6.45) is 0.329. The van der Waals surface area contributed by atoms with Gasteiger partial charge in [-0.05, 0) is 17.5 Å². The van der Waals surface area contributed by atoms with Gasteiger partial charge in [-0.3, -0.25) is 9.59 Å². The number of carboxylic acids is 1. The van der Waals surface area contributed by atoms with Gasteiger partial charge < -0.3 is 14.9 Å². The van der Waals surface area contributed by atoms with E-state index in [1.165, 1.54) is 0 Å². The highest BCUT2D eigenvalue weighted by atomic mass is 16.4. The van der Waals surface area contributed by atoms with Gasteiger partial charge in [-0.2, -0.15) is 0 Å². The highest BCUT2D eigenvalue weighted by molar-refractivity contribution is 5.99. The molecule has 0 saturated carbocycles. The molecular weight excluding hydrogens is 256 g/mol. The number of carbonyl (C=O) groups is 2. The average molecular weight is 276 g/mol. The fourth-order valence-electron chi connectivity index (χ4n) is 2.60. The number of carboxylic acid groups (broad SMARTS) is 1. The fourth-order valence-corrected chi connectivity index (χ4v) is 2.60. The molecular formula is C15H20N2O3. The Kier molecular flexibility index (Phi) is 3.97. The molecule has 0 bridgehead atoms. The highest BCUT2D eigenvalue weighted by Gasteiger charge is 2.27. The van der Waals surface area contributed by atoms with Gasteiger partial charge in [0.25, 0.3) is 0 Å². The number of fused-ring (bicyclic) bond motifs is 1. The molecule has 5 nitrogen and oxygen atoms in total. The van der Waals surface area contributed by atoms with Gasteiger partial charge >= 0.3 is 5.97 Å². The van der Waals surface area contributed by atoms with E-state index in [-0.39, 0.29) is 18.4 Å². The van der Waals surface area contributed by atoms with Crippen molar-refractivity contribution in [1.29, 1.82) is 0 Å². The van der Waals surface area contributed by atoms with Crippen LogP contribution in [-0.2, 0) is 9.59 Å². The molecule has 108 valence electrons. The molecule has 1 aromatic rings. The molecule has 0 saturated heterocycles. The number of anilines is 2. The Labute approximate surface area is 118 Å². The summed E-state index contributed by atoms with van der Waals surface area (Å²) in [6, 6.07) is 5.80. The van der Waals surface area contributed by atoms with Crippen molar-refractivity contribution in [3.05, 3.63) is 23.8 Å². The Morgan fingerprint density at radius 3 is 2.70 bits per heavy atom. The van der Waals surface area contributed by atoms with E-state index in [1.807, 2.05) is 18.2 Å². The molecule has 20 heavy (non-hydrogen) atoms. The minimum Gasteiger partial charge on any atom is -0.480 e. The van der Waals surface area contributed by atoms with Gasteiger partial charge in [-0.1, -0.05) is 26.0 Å². The molecule has 0 aliphatic carbocycles. The van der Waals surface area contributed by atoms with Crippen LogP contribution in [0.2, 0.25) is 0 Å². The monoisotopic (exact) mass is 276 g/mol. The fraction of sp³-hybridized carbons (Fsp3) is 0.467. The average Bonchev–Trinajstić information content (AvgIpc) is 2.50. The molecule has 1 aliphatic rings. The summed E-state index contributed by atoms with van der Waals surface area (Å²) in [5.41, 5.74) is 2.74. The Bertz CT molecular complexity index is 540. The highest BCUT2D eigenvalue weighted by Crippen LogP contribution is 2.38. The van der Waals surface area contributed by atoms with Crippen LogP contribution in [0.3, 0.4) is 0 Å². The number of hydrogen-bond donors (Lipinski definition) is 1. The smallest absolute Gasteiger partial charge is 0.323 e. The van der Waals surface area contributed by atoms with Crippen molar-refractivity contribution in [3.8, 4) is 0 Å². The van der Waals surface area contributed by atoms with E-state index in [9.17, 15) is 9.59 Å². The SMILES string of the molecule is CC(C)c1cccc2c1N(CC(=O)O)CCC(=O)N2C. The maximum Gasteiger partial charge on any atom is 0.323 e. The summed E-state index contributed by atoms with van der Waals surface area (Å²) in [5.74, 6) is -0.602. The first kappa shape index (κ1) is 14.4. The first-order chi connectivity index (χ1) is 9.41. The molecule has 0 unspecified atom stereocenters. The van der Waals surface area contributed by atoms with E-state index >= 15 is 0 Å². The normalized spacial score (nSPS) is 15.3. The van der Waals surface area contributed by atoms with Gasteiger partial charge in [0.2, 0.25) is 5.91 Å². The predicted octanol–water partition coefficient (Wildman–Crippen LogP) is 2.07. The summed E-state index contributed by atoms with van der Waals surface area (Å²) in [4.78, 5) is 26.6. The van der Waals surface area contributed by atoms with Gasteiger partial charge in [-0.25, -0.2) is 0 Å². The summed E-state index contributed by atoms with van der Waals surface area (Å²) in [6.45, 7) is 4.49. The van der Waals surface area contributed by atoms with Crippen LogP contribution in [0.1, 0.15) is 31.7 Å². The first-order valence-corrected chi connectivity index (χ1v) is 6.78. The van der Waals surface area contributed by atoms with Gasteiger partial charge in [0.05, 0.1) is 11.4 Å². The summed E-state index contributed by atoms with van der Waals surface area (Å²) in [7, 11) is 1.75. The van der Waals surface area contributed by atoms with Crippen LogP contribution < -0.4 is 9.80 Å². The maximum absolute atomic E-state index is 12.0. The molecule has 1 N–H and O–H groups in total. The third-order valence-corrected chi connectivity index (χ3v) is 3.64. The lowest BCUT2D eigenvalue weighted by molar-refractivity contribution is -0.135. The van der Waals surface area contributed by atoms with Gasteiger partial charge in [0, 0.05) is 20.0 Å². The van der Waals surface area contributed by atoms with Crippen molar-refractivity contribution in [1.82, 2.24) is 0 Å². The van der Waals surface area contributed by atoms with Crippen LogP contribution in [0.25, 0.3) is 0 Å². The second kappa shape index (κ2) is 5.53. The van der Waals surface area contributed by atoms with Crippen LogP contribution >= 0.6 is 0 Å². The lowest BCUT2D eigenvalue weighted by atomic mass is 9.99. The third kappa shape index (κ3) is 2.61. The maximum atomic E-state index is 12.0. The van der Waals surface area contributed by atoms with Crippen molar-refractivity contribution in [3.63, 3.8) is 0 Å². The molecule has 1 heterocycles. The Morgan fingerprint density at radius 1 is 1.40 bits per heavy atom. The number of aliphatic carboxylic acids is 1. The lowest BCUT2D eigenvalue weighted by Crippen LogP contribution is -2.31. The van der Waals surface area contributed by atoms with Gasteiger partial charge in [-0.15, -0.1) is 0 Å². The van der Waals surface area contributed by atoms with Crippen molar-refractivity contribution >= 4 is 23.3 Å². The number of nitrogens with zero attached hydrogens (tertiary/aromatic N) is 2. The first-order valence-electron chi connectivity index (χ1n) is 6.78. The molecule has 0 spiro atoms. The Balaban J connectivity index is 2.59. The molecule has 0 fully saturated rings. The molecule has 1 amide bonds. The number of hydrogen-bond acceptors (Lipinski definition) is 3. The molecule has 1 aliphatic heterocycles. The van der Waals surface area contributed by atoms with Crippen molar-refractivity contribution in [2.75, 3.05) is 29.9 Å². The second-order valence-electron chi connectivity index (χ2n) is 5.39. The van der Waals surface area contributed by atoms with E-state index in [0.717, 1.165) is 16.9 Å². The van der Waals surface area contributed by atoms with Crippen molar-refractivity contribution in [2.45, 2.75) is 26.2 Å². The molecule has 0 atom stereocenters. The van der Waals surface area contributed by atoms with Gasteiger partial charge in [0.15, 0.2) is 0 Å². The van der Waals surface area contributed by atoms with E-state index in [4.69, 9.17) is 5.11 Å². The second-order valence-corrected chi connectivity index (χ2v) is 5.39. The molecule has 0 aromatic heterocycles. The summed E-state index contributed by atoms with van der Waals surface area (Å²) in [5, 5.41) is 9.10. The van der Waals surface area contributed by atoms with Crippen LogP contribution in [0, 0.1) is 0 Å². The van der Waals surface area contributed by atoms with E-state index in [0.29, 0.717) is 13.0 Å². The number of benzene rings is 1. The van der Waals surface area contributed by atoms with Crippen LogP contribution in [-0.4, -0.2) is 37.1 Å². The van der Waals surface area contributed by atoms with Crippen LogP contribution in [0.5, 0.6) is 0 Å². The predicted molar refractivity (Wildman–Crippen MR) is 78.4 cm³/mol. The Hall–Kier alpha value is -2.04. The number of rotatable bonds is 3. The summed E-state index contributed by atoms with van der Waals surface area (Å²) < 4.78 is 0. The van der Waals surface area contributed by atoms with E-state index < -0.39 is 5.97 Å². The van der Waals surface area contributed by atoms with Crippen LogP contribution in [0.15, 0.2) is 18.2 Å². The Morgan fingerprint density at radius 2 is 2.10 bits per heavy atom. The quantitative estimate of drug-likeness (QED) is 0.918. The third-order valence-electron chi connectivity index (χ3n) is 3.64. The zero-order chi connectivity index (χ0) is 14.9. The number of amides is 1. The topological polar surface area (TPSA) is 60.9 Å². The zero-order valence-corrected chi connectivity index (χ0v) is 12.1. The standard InChI is InChI=1S/C15H20N2O3/c1-10(2)11-5-4-6-12-15(11)17(9-14(19)20)8-7-13(18)16(12)3/h4-6,10H,7-9H2,1-3H3,(H,19,20). The van der Waals surface area contributed by atoms with Crippen molar-refractivity contribution < 1.29 is 14.7 Å².